The van der Waals surface area contributed by atoms with Gasteiger partial charge in [-0.05, 0) is 31.0 Å². The zero-order valence-corrected chi connectivity index (χ0v) is 16.6. The lowest BCUT2D eigenvalue weighted by Gasteiger charge is -2.06. The molecule has 142 valence electrons. The second-order valence-electron chi connectivity index (χ2n) is 5.27. The summed E-state index contributed by atoms with van der Waals surface area (Å²) in [5, 5.41) is 15.0. The van der Waals surface area contributed by atoms with Crippen molar-refractivity contribution in [1.29, 1.82) is 0 Å². The SMILES string of the molecule is CCOCCCNc1nnc(SCC(=O)NCc2cccc(OC)c2)s1. The van der Waals surface area contributed by atoms with E-state index in [-0.39, 0.29) is 5.91 Å². The van der Waals surface area contributed by atoms with Crippen LogP contribution in [0.25, 0.3) is 0 Å². The number of rotatable bonds is 12. The average Bonchev–Trinajstić information content (AvgIpc) is 3.12. The number of anilines is 1. The molecule has 0 saturated heterocycles. The van der Waals surface area contributed by atoms with Gasteiger partial charge in [-0.25, -0.2) is 0 Å². The summed E-state index contributed by atoms with van der Waals surface area (Å²) >= 11 is 2.83. The summed E-state index contributed by atoms with van der Waals surface area (Å²) in [7, 11) is 1.62. The molecule has 9 heteroatoms. The number of thioether (sulfide) groups is 1. The van der Waals surface area contributed by atoms with Gasteiger partial charge in [0.25, 0.3) is 0 Å². The molecule has 2 rings (SSSR count). The Morgan fingerprint density at radius 3 is 3.04 bits per heavy atom. The molecule has 0 aliphatic heterocycles. The molecule has 0 fully saturated rings. The average molecular weight is 397 g/mol. The third-order valence-corrected chi connectivity index (χ3v) is 5.32. The molecule has 0 spiro atoms. The van der Waals surface area contributed by atoms with Crippen LogP contribution in [0.3, 0.4) is 0 Å². The van der Waals surface area contributed by atoms with E-state index in [9.17, 15) is 4.79 Å². The fourth-order valence-electron chi connectivity index (χ4n) is 2.01. The minimum absolute atomic E-state index is 0.0424. The predicted molar refractivity (Wildman–Crippen MR) is 105 cm³/mol. The van der Waals surface area contributed by atoms with Crippen LogP contribution in [0.1, 0.15) is 18.9 Å². The summed E-state index contributed by atoms with van der Waals surface area (Å²) in [6, 6.07) is 7.63. The van der Waals surface area contributed by atoms with Crippen molar-refractivity contribution in [3.8, 4) is 5.75 Å². The molecule has 1 heterocycles. The molecule has 1 aromatic heterocycles. The van der Waals surface area contributed by atoms with Crippen molar-refractivity contribution >= 4 is 34.1 Å². The Balaban J connectivity index is 1.65. The first-order chi connectivity index (χ1) is 12.7. The minimum Gasteiger partial charge on any atom is -0.497 e. The maximum absolute atomic E-state index is 12.0. The van der Waals surface area contributed by atoms with Crippen molar-refractivity contribution in [3.63, 3.8) is 0 Å². The molecule has 0 unspecified atom stereocenters. The van der Waals surface area contributed by atoms with E-state index < -0.39 is 0 Å². The Morgan fingerprint density at radius 2 is 2.23 bits per heavy atom. The van der Waals surface area contributed by atoms with Crippen LogP contribution in [0.15, 0.2) is 28.6 Å². The number of hydrogen-bond donors (Lipinski definition) is 2. The normalized spacial score (nSPS) is 10.5. The van der Waals surface area contributed by atoms with E-state index in [4.69, 9.17) is 9.47 Å². The van der Waals surface area contributed by atoms with Crippen molar-refractivity contribution < 1.29 is 14.3 Å². The number of benzene rings is 1. The van der Waals surface area contributed by atoms with Gasteiger partial charge in [-0.15, -0.1) is 10.2 Å². The van der Waals surface area contributed by atoms with Crippen molar-refractivity contribution in [3.05, 3.63) is 29.8 Å². The summed E-state index contributed by atoms with van der Waals surface area (Å²) < 4.78 is 11.2. The lowest BCUT2D eigenvalue weighted by molar-refractivity contribution is -0.118. The standard InChI is InChI=1S/C17H24N4O3S2/c1-3-24-9-5-8-18-16-20-21-17(26-16)25-12-15(22)19-11-13-6-4-7-14(10-13)23-2/h4,6-7,10H,3,5,8-9,11-12H2,1-2H3,(H,18,20)(H,19,22). The Morgan fingerprint density at radius 1 is 1.35 bits per heavy atom. The first-order valence-electron chi connectivity index (χ1n) is 8.38. The number of hydrogen-bond acceptors (Lipinski definition) is 8. The van der Waals surface area contributed by atoms with E-state index in [1.807, 2.05) is 31.2 Å². The molecule has 7 nitrogen and oxygen atoms in total. The van der Waals surface area contributed by atoms with Crippen LogP contribution >= 0.6 is 23.1 Å². The van der Waals surface area contributed by atoms with E-state index in [0.29, 0.717) is 12.3 Å². The van der Waals surface area contributed by atoms with E-state index in [0.717, 1.165) is 47.0 Å². The number of amides is 1. The van der Waals surface area contributed by atoms with Crippen LogP contribution in [0, 0.1) is 0 Å². The third kappa shape index (κ3) is 7.59. The van der Waals surface area contributed by atoms with E-state index >= 15 is 0 Å². The van der Waals surface area contributed by atoms with Crippen LogP contribution in [0.4, 0.5) is 5.13 Å². The third-order valence-electron chi connectivity index (χ3n) is 3.30. The molecule has 0 radical (unpaired) electrons. The minimum atomic E-state index is -0.0424. The molecule has 0 aliphatic carbocycles. The summed E-state index contributed by atoms with van der Waals surface area (Å²) in [4.78, 5) is 12.0. The Labute approximate surface area is 161 Å². The van der Waals surface area contributed by atoms with Crippen LogP contribution < -0.4 is 15.4 Å². The molecule has 26 heavy (non-hydrogen) atoms. The van der Waals surface area contributed by atoms with E-state index in [1.165, 1.54) is 23.1 Å². The molecular weight excluding hydrogens is 372 g/mol. The first kappa shape index (κ1) is 20.5. The topological polar surface area (TPSA) is 85.4 Å². The second-order valence-corrected chi connectivity index (χ2v) is 7.47. The highest BCUT2D eigenvalue weighted by Crippen LogP contribution is 2.25. The van der Waals surface area contributed by atoms with Gasteiger partial charge in [-0.2, -0.15) is 0 Å². The summed E-state index contributed by atoms with van der Waals surface area (Å²) in [6.07, 6.45) is 0.919. The molecule has 0 aliphatic rings. The number of nitrogens with one attached hydrogen (secondary N) is 2. The van der Waals surface area contributed by atoms with Gasteiger partial charge in [0.15, 0.2) is 4.34 Å². The van der Waals surface area contributed by atoms with Crippen LogP contribution in [-0.4, -0.2) is 48.7 Å². The van der Waals surface area contributed by atoms with Crippen molar-refractivity contribution in [2.75, 3.05) is 37.9 Å². The van der Waals surface area contributed by atoms with Crippen molar-refractivity contribution in [1.82, 2.24) is 15.5 Å². The predicted octanol–water partition coefficient (Wildman–Crippen LogP) is 2.79. The summed E-state index contributed by atoms with van der Waals surface area (Å²) in [5.41, 5.74) is 0.997. The van der Waals surface area contributed by atoms with E-state index in [2.05, 4.69) is 20.8 Å². The smallest absolute Gasteiger partial charge is 0.230 e. The number of aromatic nitrogens is 2. The maximum Gasteiger partial charge on any atom is 0.230 e. The van der Waals surface area contributed by atoms with Gasteiger partial charge in [0, 0.05) is 26.3 Å². The van der Waals surface area contributed by atoms with Gasteiger partial charge in [0.05, 0.1) is 12.9 Å². The highest BCUT2D eigenvalue weighted by Gasteiger charge is 2.08. The Bertz CT molecular complexity index is 682. The zero-order valence-electron chi connectivity index (χ0n) is 15.0. The molecular formula is C17H24N4O3S2. The lowest BCUT2D eigenvalue weighted by atomic mass is 10.2. The number of nitrogens with zero attached hydrogens (tertiary/aromatic N) is 2. The Hall–Kier alpha value is -1.84. The van der Waals surface area contributed by atoms with Gasteiger partial charge >= 0.3 is 0 Å². The van der Waals surface area contributed by atoms with Gasteiger partial charge < -0.3 is 20.1 Å². The Kier molecular flexibility index (Phi) is 9.22. The van der Waals surface area contributed by atoms with E-state index in [1.54, 1.807) is 7.11 Å². The van der Waals surface area contributed by atoms with Crippen LogP contribution in [0.2, 0.25) is 0 Å². The molecule has 2 N–H and O–H groups in total. The highest BCUT2D eigenvalue weighted by atomic mass is 32.2. The second kappa shape index (κ2) is 11.7. The molecule has 1 aromatic carbocycles. The fourth-order valence-corrected chi connectivity index (χ4v) is 3.62. The highest BCUT2D eigenvalue weighted by molar-refractivity contribution is 8.01. The number of methoxy groups -OCH3 is 1. The monoisotopic (exact) mass is 396 g/mol. The van der Waals surface area contributed by atoms with Gasteiger partial charge in [-0.3, -0.25) is 4.79 Å². The number of carbonyl (C=O) groups is 1. The van der Waals surface area contributed by atoms with Crippen LogP contribution in [0.5, 0.6) is 5.75 Å². The largest absolute Gasteiger partial charge is 0.497 e. The summed E-state index contributed by atoms with van der Waals surface area (Å²) in [6.45, 7) is 4.71. The first-order valence-corrected chi connectivity index (χ1v) is 10.2. The summed E-state index contributed by atoms with van der Waals surface area (Å²) in [5.74, 6) is 1.05. The maximum atomic E-state index is 12.0. The molecule has 2 aromatic rings. The van der Waals surface area contributed by atoms with Gasteiger partial charge in [0.2, 0.25) is 11.0 Å². The molecule has 0 saturated carbocycles. The number of ether oxygens (including phenoxy) is 2. The number of carbonyl (C=O) groups excluding carboxylic acids is 1. The van der Waals surface area contributed by atoms with Crippen molar-refractivity contribution in [2.45, 2.75) is 24.2 Å². The van der Waals surface area contributed by atoms with Gasteiger partial charge in [-0.1, -0.05) is 35.2 Å². The molecule has 0 bridgehead atoms. The quantitative estimate of drug-likeness (QED) is 0.421. The van der Waals surface area contributed by atoms with Crippen LogP contribution in [-0.2, 0) is 16.1 Å². The van der Waals surface area contributed by atoms with Crippen molar-refractivity contribution in [2.24, 2.45) is 0 Å². The molecule has 0 atom stereocenters. The zero-order chi connectivity index (χ0) is 18.6. The lowest BCUT2D eigenvalue weighted by Crippen LogP contribution is -2.24. The molecule has 1 amide bonds. The fraction of sp³-hybridized carbons (Fsp3) is 0.471. The van der Waals surface area contributed by atoms with Gasteiger partial charge in [0.1, 0.15) is 5.75 Å².